The number of rotatable bonds is 3. The summed E-state index contributed by atoms with van der Waals surface area (Å²) in [5.41, 5.74) is 5.73. The van der Waals surface area contributed by atoms with Crippen LogP contribution in [0, 0.1) is 24.2 Å². The fourth-order valence-corrected chi connectivity index (χ4v) is 2.75. The maximum absolute atomic E-state index is 8.87. The molecule has 2 aromatic heterocycles. The Morgan fingerprint density at radius 2 is 2.28 bits per heavy atom. The maximum atomic E-state index is 8.87. The number of nitriles is 1. The Bertz CT molecular complexity index is 613. The number of thiophene rings is 1. The van der Waals surface area contributed by atoms with E-state index in [4.69, 9.17) is 11.0 Å². The van der Waals surface area contributed by atoms with E-state index < -0.39 is 0 Å². The summed E-state index contributed by atoms with van der Waals surface area (Å²) < 4.78 is 0. The summed E-state index contributed by atoms with van der Waals surface area (Å²) in [5.74, 6) is 1.01. The molecule has 0 aliphatic heterocycles. The monoisotopic (exact) mass is 261 g/mol. The topological polar surface area (TPSA) is 78.8 Å². The van der Waals surface area contributed by atoms with Gasteiger partial charge in [0.15, 0.2) is 0 Å². The lowest BCUT2D eigenvalue weighted by Gasteiger charge is -2.20. The van der Waals surface area contributed by atoms with Crippen molar-refractivity contribution in [1.29, 1.82) is 5.26 Å². The standard InChI is InChI=1S/C12H15N5S/c1-7(5-13)6-17(3)10-9-4-8(2)18-11(9)16-12(14)15-10/h4,7H,6H2,1-3H3,(H2,14,15,16). The molecule has 6 heteroatoms. The van der Waals surface area contributed by atoms with Gasteiger partial charge in [-0.3, -0.25) is 0 Å². The van der Waals surface area contributed by atoms with Crippen molar-refractivity contribution >= 4 is 33.3 Å². The Morgan fingerprint density at radius 1 is 1.56 bits per heavy atom. The van der Waals surface area contributed by atoms with Gasteiger partial charge in [-0.2, -0.15) is 10.2 Å². The van der Waals surface area contributed by atoms with Gasteiger partial charge in [0.05, 0.1) is 17.4 Å². The lowest BCUT2D eigenvalue weighted by molar-refractivity contribution is 0.712. The number of fused-ring (bicyclic) bond motifs is 1. The van der Waals surface area contributed by atoms with Gasteiger partial charge in [-0.1, -0.05) is 0 Å². The fourth-order valence-electron chi connectivity index (χ4n) is 1.87. The number of nitrogens with zero attached hydrogens (tertiary/aromatic N) is 4. The van der Waals surface area contributed by atoms with Crippen molar-refractivity contribution < 1.29 is 0 Å². The van der Waals surface area contributed by atoms with Gasteiger partial charge in [0.2, 0.25) is 5.95 Å². The number of anilines is 2. The van der Waals surface area contributed by atoms with Crippen LogP contribution in [-0.4, -0.2) is 23.6 Å². The van der Waals surface area contributed by atoms with E-state index in [2.05, 4.69) is 22.1 Å². The molecule has 18 heavy (non-hydrogen) atoms. The third kappa shape index (κ3) is 2.36. The molecule has 0 saturated heterocycles. The quantitative estimate of drug-likeness (QED) is 0.916. The lowest BCUT2D eigenvalue weighted by Crippen LogP contribution is -2.24. The number of aromatic nitrogens is 2. The minimum absolute atomic E-state index is 0.0547. The summed E-state index contributed by atoms with van der Waals surface area (Å²) in [4.78, 5) is 12.6. The first-order valence-corrected chi connectivity index (χ1v) is 6.47. The molecule has 94 valence electrons. The first-order valence-electron chi connectivity index (χ1n) is 5.65. The molecule has 0 bridgehead atoms. The van der Waals surface area contributed by atoms with Gasteiger partial charge in [0.1, 0.15) is 10.6 Å². The van der Waals surface area contributed by atoms with Crippen LogP contribution >= 0.6 is 11.3 Å². The molecule has 1 unspecified atom stereocenters. The lowest BCUT2D eigenvalue weighted by atomic mass is 10.2. The van der Waals surface area contributed by atoms with Gasteiger partial charge in [-0.25, -0.2) is 4.98 Å². The highest BCUT2D eigenvalue weighted by Crippen LogP contribution is 2.30. The summed E-state index contributed by atoms with van der Waals surface area (Å²) in [6.07, 6.45) is 0. The fraction of sp³-hybridized carbons (Fsp3) is 0.417. The molecule has 2 aromatic rings. The molecule has 1 atom stereocenters. The van der Waals surface area contributed by atoms with Crippen molar-refractivity contribution in [2.45, 2.75) is 13.8 Å². The average Bonchev–Trinajstić information content (AvgIpc) is 2.67. The van der Waals surface area contributed by atoms with Crippen molar-refractivity contribution in [3.05, 3.63) is 10.9 Å². The predicted molar refractivity (Wildman–Crippen MR) is 74.6 cm³/mol. The zero-order valence-electron chi connectivity index (χ0n) is 10.6. The van der Waals surface area contributed by atoms with Crippen LogP contribution in [0.3, 0.4) is 0 Å². The summed E-state index contributed by atoms with van der Waals surface area (Å²) in [6.45, 7) is 4.54. The Hall–Kier alpha value is -1.87. The van der Waals surface area contributed by atoms with Crippen LogP contribution in [0.2, 0.25) is 0 Å². The molecule has 0 spiro atoms. The van der Waals surface area contributed by atoms with E-state index in [1.54, 1.807) is 11.3 Å². The normalized spacial score (nSPS) is 12.3. The first-order chi connectivity index (χ1) is 8.51. The Labute approximate surface area is 110 Å². The van der Waals surface area contributed by atoms with E-state index >= 15 is 0 Å². The molecular formula is C12H15N5S. The molecular weight excluding hydrogens is 246 g/mol. The third-order valence-corrected chi connectivity index (χ3v) is 3.59. The van der Waals surface area contributed by atoms with Gasteiger partial charge in [-0.15, -0.1) is 11.3 Å². The molecule has 0 fully saturated rings. The molecule has 0 aliphatic carbocycles. The van der Waals surface area contributed by atoms with Gasteiger partial charge in [0, 0.05) is 18.5 Å². The minimum atomic E-state index is -0.0547. The van der Waals surface area contributed by atoms with Crippen LogP contribution in [0.5, 0.6) is 0 Å². The highest BCUT2D eigenvalue weighted by atomic mass is 32.1. The minimum Gasteiger partial charge on any atom is -0.368 e. The van der Waals surface area contributed by atoms with Crippen LogP contribution in [0.15, 0.2) is 6.07 Å². The number of aryl methyl sites for hydroxylation is 1. The van der Waals surface area contributed by atoms with Gasteiger partial charge >= 0.3 is 0 Å². The third-order valence-electron chi connectivity index (χ3n) is 2.64. The predicted octanol–water partition coefficient (Wildman–Crippen LogP) is 2.18. The highest BCUT2D eigenvalue weighted by molar-refractivity contribution is 7.18. The van der Waals surface area contributed by atoms with Crippen LogP contribution < -0.4 is 10.6 Å². The van der Waals surface area contributed by atoms with E-state index in [-0.39, 0.29) is 11.9 Å². The highest BCUT2D eigenvalue weighted by Gasteiger charge is 2.14. The van der Waals surface area contributed by atoms with Crippen LogP contribution in [0.25, 0.3) is 10.2 Å². The second kappa shape index (κ2) is 4.78. The first kappa shape index (κ1) is 12.6. The van der Waals surface area contributed by atoms with E-state index in [0.29, 0.717) is 6.54 Å². The van der Waals surface area contributed by atoms with Crippen LogP contribution in [0.1, 0.15) is 11.8 Å². The van der Waals surface area contributed by atoms with Gasteiger partial charge in [0.25, 0.3) is 0 Å². The summed E-state index contributed by atoms with van der Waals surface area (Å²) in [5, 5.41) is 9.87. The van der Waals surface area contributed by atoms with Crippen molar-refractivity contribution in [2.24, 2.45) is 5.92 Å². The zero-order valence-corrected chi connectivity index (χ0v) is 11.5. The molecule has 0 radical (unpaired) electrons. The van der Waals surface area contributed by atoms with Crippen LogP contribution in [0.4, 0.5) is 11.8 Å². The molecule has 2 N–H and O–H groups in total. The summed E-state index contributed by atoms with van der Waals surface area (Å²) in [7, 11) is 1.92. The molecule has 2 rings (SSSR count). The molecule has 0 aromatic carbocycles. The Kier molecular flexibility index (Phi) is 3.34. The number of hydrogen-bond acceptors (Lipinski definition) is 6. The van der Waals surface area contributed by atoms with Gasteiger partial charge in [-0.05, 0) is 19.9 Å². The molecule has 2 heterocycles. The largest absolute Gasteiger partial charge is 0.368 e. The summed E-state index contributed by atoms with van der Waals surface area (Å²) in [6, 6.07) is 4.28. The average molecular weight is 261 g/mol. The van der Waals surface area contributed by atoms with E-state index in [0.717, 1.165) is 16.0 Å². The molecule has 0 aliphatic rings. The van der Waals surface area contributed by atoms with Gasteiger partial charge < -0.3 is 10.6 Å². The Balaban J connectivity index is 2.46. The van der Waals surface area contributed by atoms with Crippen LogP contribution in [-0.2, 0) is 0 Å². The SMILES string of the molecule is Cc1cc2c(N(C)CC(C)C#N)nc(N)nc2s1. The number of nitrogen functional groups attached to an aromatic ring is 1. The van der Waals surface area contributed by atoms with Crippen molar-refractivity contribution in [3.63, 3.8) is 0 Å². The summed E-state index contributed by atoms with van der Waals surface area (Å²) >= 11 is 1.60. The van der Waals surface area contributed by atoms with E-state index in [1.807, 2.05) is 25.8 Å². The second-order valence-corrected chi connectivity index (χ2v) is 5.63. The molecule has 0 saturated carbocycles. The second-order valence-electron chi connectivity index (χ2n) is 4.39. The zero-order chi connectivity index (χ0) is 13.3. The molecule has 5 nitrogen and oxygen atoms in total. The number of hydrogen-bond donors (Lipinski definition) is 1. The maximum Gasteiger partial charge on any atom is 0.223 e. The van der Waals surface area contributed by atoms with E-state index in [9.17, 15) is 0 Å². The van der Waals surface area contributed by atoms with Crippen molar-refractivity contribution in [3.8, 4) is 6.07 Å². The van der Waals surface area contributed by atoms with E-state index in [1.165, 1.54) is 4.88 Å². The van der Waals surface area contributed by atoms with Crippen molar-refractivity contribution in [1.82, 2.24) is 9.97 Å². The smallest absolute Gasteiger partial charge is 0.223 e. The van der Waals surface area contributed by atoms with Crippen molar-refractivity contribution in [2.75, 3.05) is 24.2 Å². The Morgan fingerprint density at radius 3 is 2.94 bits per heavy atom. The molecule has 0 amide bonds. The number of nitrogens with two attached hydrogens (primary N) is 1.